The Kier molecular flexibility index (Phi) is 4.84. The van der Waals surface area contributed by atoms with E-state index in [0.29, 0.717) is 10.9 Å². The molecular formula is C13H17Cl2NO. The number of benzene rings is 1. The molecule has 0 bridgehead atoms. The third kappa shape index (κ3) is 3.90. The molecule has 94 valence electrons. The van der Waals surface area contributed by atoms with Crippen LogP contribution < -0.4 is 5.32 Å². The summed E-state index contributed by atoms with van der Waals surface area (Å²) in [7, 11) is 0. The summed E-state index contributed by atoms with van der Waals surface area (Å²) in [4.78, 5) is 11.9. The largest absolute Gasteiger partial charge is 0.349 e. The molecule has 4 heteroatoms. The molecule has 2 nitrogen and oxygen atoms in total. The van der Waals surface area contributed by atoms with Gasteiger partial charge in [-0.15, -0.1) is 11.6 Å². The summed E-state index contributed by atoms with van der Waals surface area (Å²) >= 11 is 11.6. The maximum absolute atomic E-state index is 11.9. The number of hydrogen-bond donors (Lipinski definition) is 1. The van der Waals surface area contributed by atoms with Gasteiger partial charge in [0.1, 0.15) is 0 Å². The van der Waals surface area contributed by atoms with Crippen molar-refractivity contribution in [2.45, 2.75) is 26.8 Å². The van der Waals surface area contributed by atoms with Crippen LogP contribution in [-0.2, 0) is 4.79 Å². The molecule has 1 aromatic carbocycles. The second kappa shape index (κ2) is 5.74. The van der Waals surface area contributed by atoms with E-state index in [1.165, 1.54) is 0 Å². The van der Waals surface area contributed by atoms with Gasteiger partial charge in [0.2, 0.25) is 5.91 Å². The van der Waals surface area contributed by atoms with Gasteiger partial charge in [-0.2, -0.15) is 0 Å². The average Bonchev–Trinajstić information content (AvgIpc) is 2.29. The Morgan fingerprint density at radius 2 is 1.88 bits per heavy atom. The Morgan fingerprint density at radius 3 is 2.35 bits per heavy atom. The van der Waals surface area contributed by atoms with Gasteiger partial charge in [-0.3, -0.25) is 4.79 Å². The fraction of sp³-hybridized carbons (Fsp3) is 0.462. The van der Waals surface area contributed by atoms with E-state index in [1.54, 1.807) is 0 Å². The minimum absolute atomic E-state index is 0.0463. The smallest absolute Gasteiger partial charge is 0.227 e. The monoisotopic (exact) mass is 273 g/mol. The van der Waals surface area contributed by atoms with Gasteiger partial charge in [0.05, 0.1) is 11.5 Å². The van der Waals surface area contributed by atoms with Gasteiger partial charge in [-0.05, 0) is 38.5 Å². The minimum Gasteiger partial charge on any atom is -0.349 e. The predicted molar refractivity (Wildman–Crippen MR) is 72.5 cm³/mol. The zero-order chi connectivity index (χ0) is 13.1. The predicted octanol–water partition coefficient (Wildman–Crippen LogP) is 3.78. The molecule has 0 saturated heterocycles. The highest BCUT2D eigenvalue weighted by molar-refractivity contribution is 6.30. The quantitative estimate of drug-likeness (QED) is 0.832. The Labute approximate surface area is 112 Å². The van der Waals surface area contributed by atoms with Crippen molar-refractivity contribution in [3.63, 3.8) is 0 Å². The van der Waals surface area contributed by atoms with Crippen molar-refractivity contribution in [2.75, 3.05) is 5.88 Å². The molecule has 0 unspecified atom stereocenters. The summed E-state index contributed by atoms with van der Waals surface area (Å²) in [6.07, 6.45) is 0. The van der Waals surface area contributed by atoms with Gasteiger partial charge in [0.25, 0.3) is 0 Å². The molecule has 0 radical (unpaired) electrons. The molecule has 1 amide bonds. The molecular weight excluding hydrogens is 257 g/mol. The number of rotatable bonds is 4. The summed E-state index contributed by atoms with van der Waals surface area (Å²) in [5.74, 6) is 0.251. The Morgan fingerprint density at radius 1 is 1.35 bits per heavy atom. The van der Waals surface area contributed by atoms with Crippen molar-refractivity contribution in [1.82, 2.24) is 5.32 Å². The third-order valence-corrected chi connectivity index (χ3v) is 3.59. The van der Waals surface area contributed by atoms with E-state index >= 15 is 0 Å². The number of halogens is 2. The second-order valence-corrected chi connectivity index (χ2v) is 5.47. The highest BCUT2D eigenvalue weighted by Gasteiger charge is 2.27. The molecule has 17 heavy (non-hydrogen) atoms. The van der Waals surface area contributed by atoms with E-state index in [4.69, 9.17) is 23.2 Å². The van der Waals surface area contributed by atoms with Gasteiger partial charge >= 0.3 is 0 Å². The molecule has 1 N–H and O–H groups in total. The summed E-state index contributed by atoms with van der Waals surface area (Å²) in [6.45, 7) is 5.58. The second-order valence-electron chi connectivity index (χ2n) is 4.76. The maximum Gasteiger partial charge on any atom is 0.227 e. The molecule has 0 aliphatic carbocycles. The van der Waals surface area contributed by atoms with Gasteiger partial charge < -0.3 is 5.32 Å². The van der Waals surface area contributed by atoms with Gasteiger partial charge in [-0.1, -0.05) is 23.7 Å². The molecule has 1 atom stereocenters. The first-order valence-electron chi connectivity index (χ1n) is 5.49. The Hall–Kier alpha value is -0.730. The van der Waals surface area contributed by atoms with Crippen LogP contribution in [-0.4, -0.2) is 11.8 Å². The lowest BCUT2D eigenvalue weighted by atomic mass is 9.94. The first-order chi connectivity index (χ1) is 7.86. The van der Waals surface area contributed by atoms with Crippen LogP contribution in [0.15, 0.2) is 24.3 Å². The summed E-state index contributed by atoms with van der Waals surface area (Å²) < 4.78 is 0. The first kappa shape index (κ1) is 14.3. The summed E-state index contributed by atoms with van der Waals surface area (Å²) in [5.41, 5.74) is 0.468. The Balaban J connectivity index is 2.70. The van der Waals surface area contributed by atoms with Crippen molar-refractivity contribution in [3.8, 4) is 0 Å². The molecule has 0 aromatic heterocycles. The number of carbonyl (C=O) groups is 1. The molecule has 1 rings (SSSR count). The van der Waals surface area contributed by atoms with E-state index in [1.807, 2.05) is 45.0 Å². The van der Waals surface area contributed by atoms with E-state index in [-0.39, 0.29) is 11.9 Å². The van der Waals surface area contributed by atoms with Crippen molar-refractivity contribution in [1.29, 1.82) is 0 Å². The lowest BCUT2D eigenvalue weighted by Gasteiger charge is -2.24. The van der Waals surface area contributed by atoms with Crippen molar-refractivity contribution >= 4 is 29.1 Å². The van der Waals surface area contributed by atoms with Crippen molar-refractivity contribution < 1.29 is 4.79 Å². The molecule has 0 aliphatic heterocycles. The molecule has 0 spiro atoms. The SMILES string of the molecule is C[C@@H](NC(=O)C(C)(C)CCl)c1ccc(Cl)cc1. The highest BCUT2D eigenvalue weighted by Crippen LogP contribution is 2.21. The number of nitrogens with one attached hydrogen (secondary N) is 1. The summed E-state index contributed by atoms with van der Waals surface area (Å²) in [6, 6.07) is 7.38. The van der Waals surface area contributed by atoms with Crippen LogP contribution in [0.25, 0.3) is 0 Å². The van der Waals surface area contributed by atoms with Gasteiger partial charge in [0.15, 0.2) is 0 Å². The Bertz CT molecular complexity index is 387. The van der Waals surface area contributed by atoms with Crippen LogP contribution in [0.5, 0.6) is 0 Å². The number of carbonyl (C=O) groups excluding carboxylic acids is 1. The zero-order valence-electron chi connectivity index (χ0n) is 10.3. The van der Waals surface area contributed by atoms with Crippen LogP contribution in [0.2, 0.25) is 5.02 Å². The molecule has 0 heterocycles. The molecule has 0 fully saturated rings. The lowest BCUT2D eigenvalue weighted by molar-refractivity contribution is -0.129. The van der Waals surface area contributed by atoms with Crippen LogP contribution in [0, 0.1) is 5.41 Å². The normalized spacial score (nSPS) is 13.2. The number of alkyl halides is 1. The van der Waals surface area contributed by atoms with Crippen molar-refractivity contribution in [2.24, 2.45) is 5.41 Å². The molecule has 0 aliphatic rings. The highest BCUT2D eigenvalue weighted by atomic mass is 35.5. The van der Waals surface area contributed by atoms with Crippen LogP contribution >= 0.6 is 23.2 Å². The summed E-state index contributed by atoms with van der Waals surface area (Å²) in [5, 5.41) is 3.63. The molecule has 1 aromatic rings. The lowest BCUT2D eigenvalue weighted by Crippen LogP contribution is -2.39. The van der Waals surface area contributed by atoms with Gasteiger partial charge in [-0.25, -0.2) is 0 Å². The first-order valence-corrected chi connectivity index (χ1v) is 6.40. The average molecular weight is 274 g/mol. The maximum atomic E-state index is 11.9. The van der Waals surface area contributed by atoms with Crippen LogP contribution in [0.4, 0.5) is 0 Å². The third-order valence-electron chi connectivity index (χ3n) is 2.67. The van der Waals surface area contributed by atoms with E-state index in [9.17, 15) is 4.79 Å². The fourth-order valence-electron chi connectivity index (χ4n) is 1.29. The van der Waals surface area contributed by atoms with Crippen LogP contribution in [0.1, 0.15) is 32.4 Å². The van der Waals surface area contributed by atoms with Crippen molar-refractivity contribution in [3.05, 3.63) is 34.9 Å². The van der Waals surface area contributed by atoms with E-state index < -0.39 is 5.41 Å². The van der Waals surface area contributed by atoms with E-state index in [2.05, 4.69) is 5.32 Å². The minimum atomic E-state index is -0.553. The zero-order valence-corrected chi connectivity index (χ0v) is 11.8. The standard InChI is InChI=1S/C13H17Cl2NO/c1-9(10-4-6-11(15)7-5-10)16-12(17)13(2,3)8-14/h4-7,9H,8H2,1-3H3,(H,16,17)/t9-/m1/s1. The van der Waals surface area contributed by atoms with Gasteiger partial charge in [0, 0.05) is 10.9 Å². The fourth-order valence-corrected chi connectivity index (χ4v) is 1.53. The van der Waals surface area contributed by atoms with E-state index in [0.717, 1.165) is 5.56 Å². The molecule has 0 saturated carbocycles. The van der Waals surface area contributed by atoms with Crippen LogP contribution in [0.3, 0.4) is 0 Å². The number of amides is 1. The topological polar surface area (TPSA) is 29.1 Å². The number of hydrogen-bond acceptors (Lipinski definition) is 1.